The van der Waals surface area contributed by atoms with Gasteiger partial charge in [0.05, 0.1) is 29.3 Å². The first-order valence-electron chi connectivity index (χ1n) is 5.14. The summed E-state index contributed by atoms with van der Waals surface area (Å²) in [5, 5.41) is 4.03. The van der Waals surface area contributed by atoms with Gasteiger partial charge in [-0.1, -0.05) is 0 Å². The van der Waals surface area contributed by atoms with Crippen LogP contribution in [0.5, 0.6) is 0 Å². The number of hydrogen-bond donors (Lipinski definition) is 2. The number of hydrogen-bond acceptors (Lipinski definition) is 4. The molecule has 2 heterocycles. The molecule has 1 atom stereocenters. The van der Waals surface area contributed by atoms with Gasteiger partial charge in [0, 0.05) is 12.2 Å². The summed E-state index contributed by atoms with van der Waals surface area (Å²) < 4.78 is 1.54. The molecule has 88 valence electrons. The number of amides is 1. The third-order valence-electron chi connectivity index (χ3n) is 2.37. The smallest absolute Gasteiger partial charge is 0.251 e. The average molecular weight is 231 g/mol. The molecule has 6 heteroatoms. The maximum atomic E-state index is 10.9. The monoisotopic (exact) mass is 231 g/mol. The molecule has 4 N–H and O–H groups in total. The van der Waals surface area contributed by atoms with Crippen LogP contribution in [0.1, 0.15) is 29.0 Å². The van der Waals surface area contributed by atoms with E-state index in [0.29, 0.717) is 5.56 Å². The van der Waals surface area contributed by atoms with Gasteiger partial charge in [-0.25, -0.2) is 4.68 Å². The minimum atomic E-state index is -0.503. The zero-order valence-electron chi connectivity index (χ0n) is 9.37. The Morgan fingerprint density at radius 2 is 2.18 bits per heavy atom. The zero-order valence-corrected chi connectivity index (χ0v) is 9.37. The molecule has 0 aromatic carbocycles. The molecule has 2 aromatic rings. The molecular weight excluding hydrogens is 218 g/mol. The Bertz CT molecular complexity index is 529. The normalized spacial score (nSPS) is 12.4. The van der Waals surface area contributed by atoms with Crippen LogP contribution in [0.25, 0.3) is 5.69 Å². The van der Waals surface area contributed by atoms with Crippen LogP contribution in [0.15, 0.2) is 30.7 Å². The Balaban J connectivity index is 2.30. The SMILES string of the molecule is C[C@@H](N)c1ccc(-n2cc(C(N)=O)cn2)cn1. The minimum Gasteiger partial charge on any atom is -0.366 e. The molecule has 0 radical (unpaired) electrons. The van der Waals surface area contributed by atoms with Crippen molar-refractivity contribution in [1.29, 1.82) is 0 Å². The van der Waals surface area contributed by atoms with Crippen molar-refractivity contribution in [2.75, 3.05) is 0 Å². The van der Waals surface area contributed by atoms with E-state index in [9.17, 15) is 4.79 Å². The Kier molecular flexibility index (Phi) is 2.88. The number of rotatable bonds is 3. The second-order valence-corrected chi connectivity index (χ2v) is 3.77. The lowest BCUT2D eigenvalue weighted by molar-refractivity contribution is 0.100. The predicted octanol–water partition coefficient (Wildman–Crippen LogP) is 0.386. The van der Waals surface area contributed by atoms with Gasteiger partial charge in [0.15, 0.2) is 0 Å². The third kappa shape index (κ3) is 2.31. The lowest BCUT2D eigenvalue weighted by Gasteiger charge is -2.05. The van der Waals surface area contributed by atoms with E-state index in [-0.39, 0.29) is 6.04 Å². The van der Waals surface area contributed by atoms with E-state index in [0.717, 1.165) is 11.4 Å². The first kappa shape index (κ1) is 11.3. The third-order valence-corrected chi connectivity index (χ3v) is 2.37. The van der Waals surface area contributed by atoms with Crippen molar-refractivity contribution < 1.29 is 4.79 Å². The highest BCUT2D eigenvalue weighted by Gasteiger charge is 2.06. The fraction of sp³-hybridized carbons (Fsp3) is 0.182. The van der Waals surface area contributed by atoms with Gasteiger partial charge in [0.2, 0.25) is 0 Å². The number of nitrogens with two attached hydrogens (primary N) is 2. The highest BCUT2D eigenvalue weighted by Crippen LogP contribution is 2.10. The first-order chi connectivity index (χ1) is 8.08. The average Bonchev–Trinajstić information content (AvgIpc) is 2.78. The van der Waals surface area contributed by atoms with Gasteiger partial charge in [-0.05, 0) is 19.1 Å². The minimum absolute atomic E-state index is 0.108. The largest absolute Gasteiger partial charge is 0.366 e. The number of primary amides is 1. The van der Waals surface area contributed by atoms with E-state index >= 15 is 0 Å². The van der Waals surface area contributed by atoms with E-state index in [1.165, 1.54) is 10.9 Å². The Hall–Kier alpha value is -2.21. The molecule has 1 amide bonds. The molecule has 0 aliphatic rings. The molecule has 2 aromatic heterocycles. The van der Waals surface area contributed by atoms with Gasteiger partial charge in [-0.2, -0.15) is 5.10 Å². The molecule has 17 heavy (non-hydrogen) atoms. The summed E-state index contributed by atoms with van der Waals surface area (Å²) >= 11 is 0. The second-order valence-electron chi connectivity index (χ2n) is 3.77. The van der Waals surface area contributed by atoms with Gasteiger partial charge in [-0.15, -0.1) is 0 Å². The van der Waals surface area contributed by atoms with Crippen LogP contribution in [-0.4, -0.2) is 20.7 Å². The summed E-state index contributed by atoms with van der Waals surface area (Å²) in [4.78, 5) is 15.1. The number of carbonyl (C=O) groups excluding carboxylic acids is 1. The summed E-state index contributed by atoms with van der Waals surface area (Å²) in [5.74, 6) is -0.503. The van der Waals surface area contributed by atoms with E-state index < -0.39 is 5.91 Å². The van der Waals surface area contributed by atoms with Gasteiger partial charge in [0.25, 0.3) is 5.91 Å². The zero-order chi connectivity index (χ0) is 12.4. The standard InChI is InChI=1S/C11H13N5O/c1-7(12)10-3-2-9(5-14-10)16-6-8(4-15-16)11(13)17/h2-7H,12H2,1H3,(H2,13,17)/t7-/m1/s1. The summed E-state index contributed by atoms with van der Waals surface area (Å²) in [6.45, 7) is 1.86. The maximum Gasteiger partial charge on any atom is 0.251 e. The summed E-state index contributed by atoms with van der Waals surface area (Å²) in [7, 11) is 0. The van der Waals surface area contributed by atoms with Crippen molar-refractivity contribution >= 4 is 5.91 Å². The highest BCUT2D eigenvalue weighted by atomic mass is 16.1. The lowest BCUT2D eigenvalue weighted by atomic mass is 10.2. The van der Waals surface area contributed by atoms with Gasteiger partial charge in [0.1, 0.15) is 0 Å². The maximum absolute atomic E-state index is 10.9. The fourth-order valence-electron chi connectivity index (χ4n) is 1.39. The van der Waals surface area contributed by atoms with Gasteiger partial charge < -0.3 is 11.5 Å². The topological polar surface area (TPSA) is 99.8 Å². The Morgan fingerprint density at radius 3 is 2.65 bits per heavy atom. The van der Waals surface area contributed by atoms with Crippen LogP contribution in [-0.2, 0) is 0 Å². The van der Waals surface area contributed by atoms with E-state index in [4.69, 9.17) is 11.5 Å². The Labute approximate surface area is 98.3 Å². The molecule has 0 saturated carbocycles. The molecule has 2 rings (SSSR count). The van der Waals surface area contributed by atoms with Crippen molar-refractivity contribution in [3.05, 3.63) is 42.0 Å². The predicted molar refractivity (Wildman–Crippen MR) is 62.5 cm³/mol. The van der Waals surface area contributed by atoms with Crippen molar-refractivity contribution in [3.8, 4) is 5.69 Å². The molecule has 0 spiro atoms. The summed E-state index contributed by atoms with van der Waals surface area (Å²) in [5.41, 5.74) is 12.8. The molecule has 0 saturated heterocycles. The lowest BCUT2D eigenvalue weighted by Crippen LogP contribution is -2.09. The van der Waals surface area contributed by atoms with Gasteiger partial charge in [-0.3, -0.25) is 9.78 Å². The molecule has 0 unspecified atom stereocenters. The van der Waals surface area contributed by atoms with Crippen molar-refractivity contribution in [3.63, 3.8) is 0 Å². The summed E-state index contributed by atoms with van der Waals surface area (Å²) in [6, 6.07) is 3.55. The highest BCUT2D eigenvalue weighted by molar-refractivity contribution is 5.92. The molecule has 0 aliphatic heterocycles. The summed E-state index contributed by atoms with van der Waals surface area (Å²) in [6.07, 6.45) is 4.63. The molecular formula is C11H13N5O. The fourth-order valence-corrected chi connectivity index (χ4v) is 1.39. The molecule has 0 bridgehead atoms. The van der Waals surface area contributed by atoms with E-state index in [2.05, 4.69) is 10.1 Å². The molecule has 0 aliphatic carbocycles. The van der Waals surface area contributed by atoms with Crippen LogP contribution >= 0.6 is 0 Å². The van der Waals surface area contributed by atoms with E-state index in [1.54, 1.807) is 12.4 Å². The quantitative estimate of drug-likeness (QED) is 0.797. The van der Waals surface area contributed by atoms with Crippen LogP contribution in [0.3, 0.4) is 0 Å². The van der Waals surface area contributed by atoms with Crippen LogP contribution in [0, 0.1) is 0 Å². The van der Waals surface area contributed by atoms with Gasteiger partial charge >= 0.3 is 0 Å². The van der Waals surface area contributed by atoms with Crippen LogP contribution in [0.4, 0.5) is 0 Å². The molecule has 0 fully saturated rings. The second kappa shape index (κ2) is 4.34. The van der Waals surface area contributed by atoms with Crippen LogP contribution < -0.4 is 11.5 Å². The van der Waals surface area contributed by atoms with E-state index in [1.807, 2.05) is 19.1 Å². The molecule has 6 nitrogen and oxygen atoms in total. The number of nitrogens with zero attached hydrogens (tertiary/aromatic N) is 3. The number of carbonyl (C=O) groups is 1. The van der Waals surface area contributed by atoms with Crippen molar-refractivity contribution in [2.24, 2.45) is 11.5 Å². The van der Waals surface area contributed by atoms with Crippen molar-refractivity contribution in [2.45, 2.75) is 13.0 Å². The Morgan fingerprint density at radius 1 is 1.41 bits per heavy atom. The van der Waals surface area contributed by atoms with Crippen molar-refractivity contribution in [1.82, 2.24) is 14.8 Å². The first-order valence-corrected chi connectivity index (χ1v) is 5.14. The number of pyridine rings is 1. The number of aromatic nitrogens is 3. The van der Waals surface area contributed by atoms with Crippen LogP contribution in [0.2, 0.25) is 0 Å².